The lowest BCUT2D eigenvalue weighted by Crippen LogP contribution is -2.55. The summed E-state index contributed by atoms with van der Waals surface area (Å²) in [6.07, 6.45) is 3.27. The zero-order valence-electron chi connectivity index (χ0n) is 8.27. The molecule has 0 bridgehead atoms. The van der Waals surface area contributed by atoms with Gasteiger partial charge in [0.1, 0.15) is 0 Å². The van der Waals surface area contributed by atoms with Crippen LogP contribution in [0.1, 0.15) is 19.3 Å². The van der Waals surface area contributed by atoms with Gasteiger partial charge >= 0.3 is 0 Å². The molecule has 1 amide bonds. The summed E-state index contributed by atoms with van der Waals surface area (Å²) < 4.78 is 5.34. The molecule has 2 spiro atoms. The monoisotopic (exact) mass is 196 g/mol. The molecule has 0 aromatic heterocycles. The summed E-state index contributed by atoms with van der Waals surface area (Å²) in [6, 6.07) is 0. The number of nitrogens with one attached hydrogen (secondary N) is 2. The molecular formula is C10H16N2O2. The maximum Gasteiger partial charge on any atom is 0.254 e. The molecule has 0 aliphatic carbocycles. The van der Waals surface area contributed by atoms with Crippen LogP contribution in [0, 0.1) is 5.41 Å². The first-order valence-corrected chi connectivity index (χ1v) is 5.38. The van der Waals surface area contributed by atoms with E-state index in [1.165, 1.54) is 12.8 Å². The van der Waals surface area contributed by atoms with Crippen LogP contribution in [0.2, 0.25) is 0 Å². The van der Waals surface area contributed by atoms with Crippen molar-refractivity contribution in [2.45, 2.75) is 24.9 Å². The molecule has 78 valence electrons. The highest BCUT2D eigenvalue weighted by Crippen LogP contribution is 2.46. The Hall–Kier alpha value is -0.610. The molecule has 3 heterocycles. The lowest BCUT2D eigenvalue weighted by molar-refractivity contribution is -0.131. The van der Waals surface area contributed by atoms with E-state index in [1.807, 2.05) is 0 Å². The Balaban J connectivity index is 1.79. The third-order valence-electron chi connectivity index (χ3n) is 3.86. The van der Waals surface area contributed by atoms with Crippen molar-refractivity contribution in [3.05, 3.63) is 0 Å². The summed E-state index contributed by atoms with van der Waals surface area (Å²) in [5, 5.41) is 6.37. The third kappa shape index (κ3) is 1.17. The van der Waals surface area contributed by atoms with Gasteiger partial charge in [-0.2, -0.15) is 0 Å². The molecule has 2 N–H and O–H groups in total. The molecule has 3 saturated heterocycles. The maximum absolute atomic E-state index is 11.6. The van der Waals surface area contributed by atoms with Gasteiger partial charge in [-0.3, -0.25) is 4.79 Å². The van der Waals surface area contributed by atoms with Gasteiger partial charge in [0.15, 0.2) is 5.60 Å². The van der Waals surface area contributed by atoms with Crippen molar-refractivity contribution >= 4 is 5.91 Å². The number of ether oxygens (including phenoxy) is 1. The van der Waals surface area contributed by atoms with Crippen LogP contribution in [-0.2, 0) is 9.53 Å². The topological polar surface area (TPSA) is 53.7 Å². The molecule has 0 aromatic carbocycles. The highest BCUT2D eigenvalue weighted by molar-refractivity contribution is 5.88. The summed E-state index contributed by atoms with van der Waals surface area (Å²) in [6.45, 7) is 3.63. The second-order valence-electron chi connectivity index (χ2n) is 4.89. The van der Waals surface area contributed by atoms with Gasteiger partial charge in [0.25, 0.3) is 5.91 Å². The third-order valence-corrected chi connectivity index (χ3v) is 3.86. The fourth-order valence-corrected chi connectivity index (χ4v) is 2.81. The highest BCUT2D eigenvalue weighted by Gasteiger charge is 2.59. The number of carbonyl (C=O) groups excluding carboxylic acids is 1. The van der Waals surface area contributed by atoms with Gasteiger partial charge in [-0.05, 0) is 37.8 Å². The number of rotatable bonds is 0. The van der Waals surface area contributed by atoms with E-state index in [9.17, 15) is 4.79 Å². The summed E-state index contributed by atoms with van der Waals surface area (Å²) in [5.41, 5.74) is -0.106. The molecule has 3 rings (SSSR count). The molecule has 1 atom stereocenters. The normalized spacial score (nSPS) is 39.9. The van der Waals surface area contributed by atoms with Crippen molar-refractivity contribution in [3.8, 4) is 0 Å². The second-order valence-corrected chi connectivity index (χ2v) is 4.89. The molecule has 3 aliphatic rings. The van der Waals surface area contributed by atoms with Crippen LogP contribution in [0.3, 0.4) is 0 Å². The van der Waals surface area contributed by atoms with Crippen LogP contribution >= 0.6 is 0 Å². The zero-order chi connectivity index (χ0) is 9.65. The Labute approximate surface area is 83.4 Å². The van der Waals surface area contributed by atoms with E-state index in [0.717, 1.165) is 26.1 Å². The Morgan fingerprint density at radius 3 is 2.64 bits per heavy atom. The SMILES string of the molecule is O=C1NCC2(CCNCC2)CC12CO2. The molecule has 1 unspecified atom stereocenters. The second kappa shape index (κ2) is 2.70. The quantitative estimate of drug-likeness (QED) is 0.520. The van der Waals surface area contributed by atoms with E-state index in [-0.39, 0.29) is 5.91 Å². The van der Waals surface area contributed by atoms with Crippen LogP contribution in [0.25, 0.3) is 0 Å². The Morgan fingerprint density at radius 1 is 1.29 bits per heavy atom. The Kier molecular flexibility index (Phi) is 1.67. The minimum absolute atomic E-state index is 0.113. The van der Waals surface area contributed by atoms with Crippen LogP contribution in [0.5, 0.6) is 0 Å². The number of hydrogen-bond acceptors (Lipinski definition) is 3. The van der Waals surface area contributed by atoms with Crippen LogP contribution in [-0.4, -0.2) is 37.7 Å². The molecule has 14 heavy (non-hydrogen) atoms. The van der Waals surface area contributed by atoms with Gasteiger partial charge in [0, 0.05) is 6.54 Å². The molecule has 4 nitrogen and oxygen atoms in total. The summed E-state index contributed by atoms with van der Waals surface area (Å²) in [7, 11) is 0. The molecule has 0 saturated carbocycles. The van der Waals surface area contributed by atoms with Gasteiger partial charge in [-0.1, -0.05) is 0 Å². The van der Waals surface area contributed by atoms with E-state index >= 15 is 0 Å². The Bertz CT molecular complexity index is 267. The predicted octanol–water partition coefficient (Wildman–Crippen LogP) is -0.355. The first-order valence-electron chi connectivity index (χ1n) is 5.38. The first-order chi connectivity index (χ1) is 6.75. The van der Waals surface area contributed by atoms with Gasteiger partial charge < -0.3 is 15.4 Å². The minimum Gasteiger partial charge on any atom is -0.359 e. The fraction of sp³-hybridized carbons (Fsp3) is 0.900. The number of amides is 1. The molecule has 0 aromatic rings. The number of epoxide rings is 1. The van der Waals surface area contributed by atoms with Crippen LogP contribution in [0.15, 0.2) is 0 Å². The zero-order valence-corrected chi connectivity index (χ0v) is 8.27. The molecule has 3 fully saturated rings. The average molecular weight is 196 g/mol. The van der Waals surface area contributed by atoms with E-state index in [1.54, 1.807) is 0 Å². The van der Waals surface area contributed by atoms with Crippen LogP contribution < -0.4 is 10.6 Å². The van der Waals surface area contributed by atoms with E-state index in [2.05, 4.69) is 10.6 Å². The van der Waals surface area contributed by atoms with Gasteiger partial charge in [-0.25, -0.2) is 0 Å². The van der Waals surface area contributed by atoms with Crippen LogP contribution in [0.4, 0.5) is 0 Å². The maximum atomic E-state index is 11.6. The number of carbonyl (C=O) groups is 1. The summed E-state index contributed by atoms with van der Waals surface area (Å²) in [4.78, 5) is 11.6. The smallest absolute Gasteiger partial charge is 0.254 e. The van der Waals surface area contributed by atoms with E-state index in [0.29, 0.717) is 12.0 Å². The highest BCUT2D eigenvalue weighted by atomic mass is 16.6. The number of hydrogen-bond donors (Lipinski definition) is 2. The minimum atomic E-state index is -0.421. The molecule has 4 heteroatoms. The predicted molar refractivity (Wildman–Crippen MR) is 50.8 cm³/mol. The van der Waals surface area contributed by atoms with Gasteiger partial charge in [0.2, 0.25) is 0 Å². The summed E-state index contributed by atoms with van der Waals surface area (Å²) in [5.74, 6) is 0.113. The van der Waals surface area contributed by atoms with E-state index < -0.39 is 5.60 Å². The van der Waals surface area contributed by atoms with Crippen molar-refractivity contribution in [1.82, 2.24) is 10.6 Å². The molecule has 3 aliphatic heterocycles. The number of piperidine rings is 2. The molecular weight excluding hydrogens is 180 g/mol. The summed E-state index contributed by atoms with van der Waals surface area (Å²) >= 11 is 0. The average Bonchev–Trinajstić information content (AvgIpc) is 2.95. The van der Waals surface area contributed by atoms with Gasteiger partial charge in [-0.15, -0.1) is 0 Å². The van der Waals surface area contributed by atoms with Crippen molar-refractivity contribution < 1.29 is 9.53 Å². The van der Waals surface area contributed by atoms with Crippen molar-refractivity contribution in [2.75, 3.05) is 26.2 Å². The lowest BCUT2D eigenvalue weighted by atomic mass is 9.70. The lowest BCUT2D eigenvalue weighted by Gasteiger charge is -2.42. The fourth-order valence-electron chi connectivity index (χ4n) is 2.81. The van der Waals surface area contributed by atoms with E-state index in [4.69, 9.17) is 4.74 Å². The Morgan fingerprint density at radius 2 is 2.00 bits per heavy atom. The standard InChI is InChI=1S/C10H16N2O2/c13-8-10(7-14-10)5-9(6-12-8)1-3-11-4-2-9/h11H,1-7H2,(H,12,13). The largest absolute Gasteiger partial charge is 0.359 e. The molecule has 0 radical (unpaired) electrons. The van der Waals surface area contributed by atoms with Crippen molar-refractivity contribution in [1.29, 1.82) is 0 Å². The first kappa shape index (κ1) is 8.68. The van der Waals surface area contributed by atoms with Crippen molar-refractivity contribution in [2.24, 2.45) is 5.41 Å². The van der Waals surface area contributed by atoms with Crippen molar-refractivity contribution in [3.63, 3.8) is 0 Å². The van der Waals surface area contributed by atoms with Gasteiger partial charge in [0.05, 0.1) is 6.61 Å².